The number of H-pyrrole nitrogens is 1. The van der Waals surface area contributed by atoms with Crippen LogP contribution in [0.15, 0.2) is 15.0 Å². The maximum absolute atomic E-state index is 11.8. The van der Waals surface area contributed by atoms with Gasteiger partial charge in [0.15, 0.2) is 5.16 Å². The Hall–Kier alpha value is -2.03. The van der Waals surface area contributed by atoms with Gasteiger partial charge in [0.25, 0.3) is 0 Å². The Morgan fingerprint density at radius 1 is 1.55 bits per heavy atom. The fraction of sp³-hybridized carbons (Fsp3) is 0.455. The average molecular weight is 293 g/mol. The molecule has 8 nitrogen and oxygen atoms in total. The molecule has 0 aromatic carbocycles. The van der Waals surface area contributed by atoms with Gasteiger partial charge in [-0.25, -0.2) is 9.89 Å². The maximum Gasteiger partial charge on any atom is 0.344 e. The van der Waals surface area contributed by atoms with Crippen LogP contribution in [0.25, 0.3) is 0 Å². The molecule has 1 aliphatic rings. The molecule has 0 unspecified atom stereocenters. The predicted molar refractivity (Wildman–Crippen MR) is 74.2 cm³/mol. The van der Waals surface area contributed by atoms with Gasteiger partial charge in [-0.15, -0.1) is 5.10 Å². The number of nitrogen functional groups attached to an aromatic ring is 1. The number of hydrogen-bond acceptors (Lipinski definition) is 5. The van der Waals surface area contributed by atoms with Crippen LogP contribution in [-0.2, 0) is 7.05 Å². The highest BCUT2D eigenvalue weighted by atomic mass is 32.2. The molecule has 0 saturated heterocycles. The first kappa shape index (κ1) is 13.0. The molecule has 3 rings (SSSR count). The second kappa shape index (κ2) is 4.51. The van der Waals surface area contributed by atoms with Gasteiger partial charge in [-0.05, 0) is 31.5 Å². The summed E-state index contributed by atoms with van der Waals surface area (Å²) in [5.41, 5.74) is 6.71. The minimum absolute atomic E-state index is 0.0334. The van der Waals surface area contributed by atoms with Gasteiger partial charge in [0, 0.05) is 13.1 Å². The van der Waals surface area contributed by atoms with Crippen molar-refractivity contribution in [2.75, 3.05) is 0 Å². The first-order chi connectivity index (χ1) is 9.49. The molecule has 0 spiro atoms. The summed E-state index contributed by atoms with van der Waals surface area (Å²) < 4.78 is 3.32. The first-order valence-corrected chi connectivity index (χ1v) is 7.03. The highest BCUT2D eigenvalue weighted by molar-refractivity contribution is 7.99. The molecule has 0 atom stereocenters. The van der Waals surface area contributed by atoms with Crippen LogP contribution in [0.5, 0.6) is 0 Å². The highest BCUT2D eigenvalue weighted by Gasteiger charge is 2.30. The fourth-order valence-corrected chi connectivity index (χ4v) is 3.29. The molecule has 0 amide bonds. The molecule has 1 aliphatic carbocycles. The van der Waals surface area contributed by atoms with Crippen LogP contribution < -0.4 is 11.4 Å². The van der Waals surface area contributed by atoms with Crippen molar-refractivity contribution in [2.45, 2.75) is 36.0 Å². The molecule has 0 bridgehead atoms. The summed E-state index contributed by atoms with van der Waals surface area (Å²) in [6.07, 6.45) is 1.99. The third-order valence-electron chi connectivity index (χ3n) is 3.21. The molecular weight excluding hydrogens is 278 g/mol. The number of aryl methyl sites for hydroxylation is 2. The summed E-state index contributed by atoms with van der Waals surface area (Å²) in [6, 6.07) is 0.235. The topological polar surface area (TPSA) is 118 Å². The smallest absolute Gasteiger partial charge is 0.344 e. The third-order valence-corrected chi connectivity index (χ3v) is 4.34. The standard InChI is InChI=1S/C11H15N7OS/c1-5-7(8(12)13)9(17(2)16-5)20-11-15-14-10(19)18(11)6-3-4-6/h6H,3-4H2,1-2H3,(H3,12,13)(H,14,19). The lowest BCUT2D eigenvalue weighted by molar-refractivity contribution is 0.637. The van der Waals surface area contributed by atoms with E-state index in [1.54, 1.807) is 23.2 Å². The van der Waals surface area contributed by atoms with E-state index in [0.717, 1.165) is 17.9 Å². The lowest BCUT2D eigenvalue weighted by Gasteiger charge is -2.05. The summed E-state index contributed by atoms with van der Waals surface area (Å²) in [5.74, 6) is -0.0334. The van der Waals surface area contributed by atoms with Crippen LogP contribution in [0.2, 0.25) is 0 Å². The van der Waals surface area contributed by atoms with Gasteiger partial charge in [0.1, 0.15) is 10.9 Å². The van der Waals surface area contributed by atoms with Crippen molar-refractivity contribution in [1.82, 2.24) is 24.5 Å². The van der Waals surface area contributed by atoms with E-state index in [1.165, 1.54) is 11.8 Å². The fourth-order valence-electron chi connectivity index (χ4n) is 2.17. The Bertz CT molecular complexity index is 737. The van der Waals surface area contributed by atoms with Gasteiger partial charge < -0.3 is 5.73 Å². The van der Waals surface area contributed by atoms with Crippen molar-refractivity contribution < 1.29 is 0 Å². The molecule has 9 heteroatoms. The van der Waals surface area contributed by atoms with E-state index in [-0.39, 0.29) is 17.6 Å². The van der Waals surface area contributed by atoms with Crippen LogP contribution in [0.1, 0.15) is 30.1 Å². The van der Waals surface area contributed by atoms with E-state index in [4.69, 9.17) is 11.1 Å². The minimum atomic E-state index is -0.196. The SMILES string of the molecule is Cc1nn(C)c(Sc2n[nH]c(=O)n2C2CC2)c1C(=N)N. The van der Waals surface area contributed by atoms with Crippen LogP contribution in [-0.4, -0.2) is 30.4 Å². The van der Waals surface area contributed by atoms with Crippen molar-refractivity contribution in [3.05, 3.63) is 21.7 Å². The number of amidine groups is 1. The van der Waals surface area contributed by atoms with Gasteiger partial charge in [-0.3, -0.25) is 14.7 Å². The molecule has 4 N–H and O–H groups in total. The Kier molecular flexibility index (Phi) is 2.93. The number of rotatable bonds is 4. The number of hydrogen-bond donors (Lipinski definition) is 3. The zero-order valence-corrected chi connectivity index (χ0v) is 12.0. The zero-order valence-electron chi connectivity index (χ0n) is 11.2. The van der Waals surface area contributed by atoms with Crippen molar-refractivity contribution >= 4 is 17.6 Å². The monoisotopic (exact) mass is 293 g/mol. The molecule has 1 fully saturated rings. The number of nitrogens with zero attached hydrogens (tertiary/aromatic N) is 4. The third kappa shape index (κ3) is 2.03. The maximum atomic E-state index is 11.8. The zero-order chi connectivity index (χ0) is 14.4. The normalized spacial score (nSPS) is 14.7. The molecule has 106 valence electrons. The quantitative estimate of drug-likeness (QED) is 0.556. The lowest BCUT2D eigenvalue weighted by atomic mass is 10.2. The number of aromatic nitrogens is 5. The van der Waals surface area contributed by atoms with Gasteiger partial charge in [-0.1, -0.05) is 0 Å². The largest absolute Gasteiger partial charge is 0.384 e. The van der Waals surface area contributed by atoms with E-state index in [9.17, 15) is 4.79 Å². The van der Waals surface area contributed by atoms with Crippen LogP contribution >= 0.6 is 11.8 Å². The van der Waals surface area contributed by atoms with Gasteiger partial charge in [0.05, 0.1) is 11.3 Å². The van der Waals surface area contributed by atoms with Crippen molar-refractivity contribution in [3.63, 3.8) is 0 Å². The van der Waals surface area contributed by atoms with Gasteiger partial charge >= 0.3 is 5.69 Å². The summed E-state index contributed by atoms with van der Waals surface area (Å²) in [4.78, 5) is 11.8. The number of nitrogens with one attached hydrogen (secondary N) is 2. The molecule has 2 heterocycles. The van der Waals surface area contributed by atoms with Crippen molar-refractivity contribution in [3.8, 4) is 0 Å². The molecular formula is C11H15N7OS. The number of aromatic amines is 1. The van der Waals surface area contributed by atoms with Crippen LogP contribution in [0.4, 0.5) is 0 Å². The Labute approximate surface area is 118 Å². The Balaban J connectivity index is 2.04. The second-order valence-corrected chi connectivity index (χ2v) is 5.77. The number of nitrogens with two attached hydrogens (primary N) is 1. The summed E-state index contributed by atoms with van der Waals surface area (Å²) in [5, 5.41) is 19.8. The lowest BCUT2D eigenvalue weighted by Crippen LogP contribution is -2.16. The van der Waals surface area contributed by atoms with Crippen LogP contribution in [0.3, 0.4) is 0 Å². The van der Waals surface area contributed by atoms with E-state index in [2.05, 4.69) is 15.3 Å². The molecule has 1 saturated carbocycles. The Morgan fingerprint density at radius 3 is 2.85 bits per heavy atom. The minimum Gasteiger partial charge on any atom is -0.384 e. The van der Waals surface area contributed by atoms with Crippen molar-refractivity contribution in [1.29, 1.82) is 5.41 Å². The molecule has 0 aliphatic heterocycles. The molecule has 2 aromatic rings. The van der Waals surface area contributed by atoms with E-state index < -0.39 is 0 Å². The van der Waals surface area contributed by atoms with Crippen LogP contribution in [0, 0.1) is 12.3 Å². The molecule has 0 radical (unpaired) electrons. The van der Waals surface area contributed by atoms with Crippen molar-refractivity contribution in [2.24, 2.45) is 12.8 Å². The highest BCUT2D eigenvalue weighted by Crippen LogP contribution is 2.38. The summed E-state index contributed by atoms with van der Waals surface area (Å²) >= 11 is 1.31. The first-order valence-electron chi connectivity index (χ1n) is 6.21. The second-order valence-electron chi connectivity index (χ2n) is 4.82. The predicted octanol–water partition coefficient (Wildman–Crippen LogP) is 0.383. The summed E-state index contributed by atoms with van der Waals surface area (Å²) in [6.45, 7) is 1.80. The molecule has 2 aromatic heterocycles. The summed E-state index contributed by atoms with van der Waals surface area (Å²) in [7, 11) is 1.79. The van der Waals surface area contributed by atoms with E-state index in [1.807, 2.05) is 0 Å². The van der Waals surface area contributed by atoms with Gasteiger partial charge in [-0.2, -0.15) is 5.10 Å². The van der Waals surface area contributed by atoms with E-state index in [0.29, 0.717) is 16.4 Å². The average Bonchev–Trinajstić information content (AvgIpc) is 3.06. The molecule has 20 heavy (non-hydrogen) atoms. The Morgan fingerprint density at radius 2 is 2.25 bits per heavy atom. The van der Waals surface area contributed by atoms with E-state index >= 15 is 0 Å². The van der Waals surface area contributed by atoms with Gasteiger partial charge in [0.2, 0.25) is 0 Å².